The van der Waals surface area contributed by atoms with Crippen molar-refractivity contribution in [3.8, 4) is 11.1 Å². The molecule has 1 atom stereocenters. The molecule has 4 aromatic rings. The van der Waals surface area contributed by atoms with Gasteiger partial charge in [0.1, 0.15) is 17.8 Å². The SMILES string of the molecule is CC1CN(CCCCC2(C(=O)NCC(F)(F)F)c3ccccc3-c3ccccc32)CCN1c1ccc2ccccc2n1. The van der Waals surface area contributed by atoms with Crippen molar-refractivity contribution in [1.29, 1.82) is 0 Å². The standard InChI is InChI=1S/C34H35F3N4O/c1-24-22-40(20-21-41(24)31-17-16-25-10-2-7-15-30(25)39-31)19-9-8-18-33(32(42)38-23-34(35,36)37)28-13-5-3-11-26(28)27-12-4-6-14-29(27)33/h2-7,10-17,24H,8-9,18-23H2,1H3,(H,38,42). The van der Waals surface area contributed by atoms with Crippen LogP contribution in [0.2, 0.25) is 0 Å². The Morgan fingerprint density at radius 3 is 2.26 bits per heavy atom. The smallest absolute Gasteiger partial charge is 0.351 e. The van der Waals surface area contributed by atoms with Crippen molar-refractivity contribution in [3.63, 3.8) is 0 Å². The summed E-state index contributed by atoms with van der Waals surface area (Å²) in [4.78, 5) is 23.4. The second-order valence-corrected chi connectivity index (χ2v) is 11.5. The minimum atomic E-state index is -4.48. The van der Waals surface area contributed by atoms with E-state index in [9.17, 15) is 18.0 Å². The fourth-order valence-electron chi connectivity index (χ4n) is 6.80. The number of nitrogens with one attached hydrogen (secondary N) is 1. The maximum absolute atomic E-state index is 13.7. The molecule has 8 heteroatoms. The number of amides is 1. The molecule has 42 heavy (non-hydrogen) atoms. The molecule has 3 aromatic carbocycles. The number of hydrogen-bond donors (Lipinski definition) is 1. The van der Waals surface area contributed by atoms with Crippen LogP contribution in [0.15, 0.2) is 84.9 Å². The van der Waals surface area contributed by atoms with Gasteiger partial charge in [-0.25, -0.2) is 4.98 Å². The number of carbonyl (C=O) groups is 1. The third-order valence-electron chi connectivity index (χ3n) is 8.77. The van der Waals surface area contributed by atoms with E-state index in [-0.39, 0.29) is 0 Å². The van der Waals surface area contributed by atoms with Crippen LogP contribution in [0.25, 0.3) is 22.0 Å². The van der Waals surface area contributed by atoms with Gasteiger partial charge < -0.3 is 10.2 Å². The number of fused-ring (bicyclic) bond motifs is 4. The molecule has 1 saturated heterocycles. The average Bonchev–Trinajstić information content (AvgIpc) is 3.28. The predicted molar refractivity (Wildman–Crippen MR) is 161 cm³/mol. The molecule has 1 aliphatic carbocycles. The molecule has 1 N–H and O–H groups in total. The lowest BCUT2D eigenvalue weighted by atomic mass is 9.73. The Morgan fingerprint density at radius 1 is 0.905 bits per heavy atom. The number of halogens is 3. The van der Waals surface area contributed by atoms with Crippen LogP contribution in [0.5, 0.6) is 0 Å². The van der Waals surface area contributed by atoms with Gasteiger partial charge in [0.25, 0.3) is 0 Å². The minimum absolute atomic E-state index is 0.292. The molecule has 1 aliphatic heterocycles. The molecule has 0 radical (unpaired) electrons. The first kappa shape index (κ1) is 28.2. The number of nitrogens with zero attached hydrogens (tertiary/aromatic N) is 3. The first-order valence-electron chi connectivity index (χ1n) is 14.7. The number of hydrogen-bond acceptors (Lipinski definition) is 4. The highest BCUT2D eigenvalue weighted by atomic mass is 19.4. The number of carbonyl (C=O) groups excluding carboxylic acids is 1. The first-order valence-corrected chi connectivity index (χ1v) is 14.7. The molecule has 6 rings (SSSR count). The molecule has 0 spiro atoms. The monoisotopic (exact) mass is 572 g/mol. The first-order chi connectivity index (χ1) is 20.3. The lowest BCUT2D eigenvalue weighted by Crippen LogP contribution is -2.52. The molecular weight excluding hydrogens is 537 g/mol. The fourth-order valence-corrected chi connectivity index (χ4v) is 6.80. The minimum Gasteiger partial charge on any atom is -0.351 e. The molecule has 1 unspecified atom stereocenters. The number of aromatic nitrogens is 1. The molecule has 1 amide bonds. The third-order valence-corrected chi connectivity index (χ3v) is 8.77. The summed E-state index contributed by atoms with van der Waals surface area (Å²) < 4.78 is 39.4. The van der Waals surface area contributed by atoms with Gasteiger partial charge >= 0.3 is 6.18 Å². The number of rotatable bonds is 8. The summed E-state index contributed by atoms with van der Waals surface area (Å²) in [5.74, 6) is 0.411. The van der Waals surface area contributed by atoms with E-state index >= 15 is 0 Å². The number of para-hydroxylation sites is 1. The van der Waals surface area contributed by atoms with E-state index in [1.165, 1.54) is 0 Å². The van der Waals surface area contributed by atoms with E-state index in [1.54, 1.807) is 0 Å². The average molecular weight is 573 g/mol. The Labute approximate surface area is 244 Å². The van der Waals surface area contributed by atoms with Crippen LogP contribution < -0.4 is 10.2 Å². The molecule has 1 aromatic heterocycles. The molecule has 0 bridgehead atoms. The largest absolute Gasteiger partial charge is 0.405 e. The zero-order valence-electron chi connectivity index (χ0n) is 23.7. The zero-order valence-corrected chi connectivity index (χ0v) is 23.7. The Kier molecular flexibility index (Phi) is 7.66. The molecular formula is C34H35F3N4O. The van der Waals surface area contributed by atoms with E-state index in [0.29, 0.717) is 18.9 Å². The van der Waals surface area contributed by atoms with Gasteiger partial charge in [0.2, 0.25) is 5.91 Å². The van der Waals surface area contributed by atoms with Gasteiger partial charge in [0, 0.05) is 31.1 Å². The molecule has 218 valence electrons. The number of piperazine rings is 1. The van der Waals surface area contributed by atoms with E-state index < -0.39 is 24.0 Å². The summed E-state index contributed by atoms with van der Waals surface area (Å²) in [7, 11) is 0. The highest BCUT2D eigenvalue weighted by Gasteiger charge is 2.49. The van der Waals surface area contributed by atoms with Gasteiger partial charge in [-0.05, 0) is 66.8 Å². The zero-order chi connectivity index (χ0) is 29.3. The maximum Gasteiger partial charge on any atom is 0.405 e. The fraction of sp³-hybridized carbons (Fsp3) is 0.353. The molecule has 0 saturated carbocycles. The third kappa shape index (κ3) is 5.36. The van der Waals surface area contributed by atoms with Crippen LogP contribution in [0.3, 0.4) is 0 Å². The number of pyridine rings is 1. The Morgan fingerprint density at radius 2 is 1.57 bits per heavy atom. The molecule has 2 heterocycles. The van der Waals surface area contributed by atoms with Crippen LogP contribution in [0, 0.1) is 0 Å². The topological polar surface area (TPSA) is 48.5 Å². The molecule has 1 fully saturated rings. The second-order valence-electron chi connectivity index (χ2n) is 11.5. The van der Waals surface area contributed by atoms with Crippen LogP contribution in [-0.4, -0.2) is 60.7 Å². The summed E-state index contributed by atoms with van der Waals surface area (Å²) in [6.07, 6.45) is -2.47. The quantitative estimate of drug-likeness (QED) is 0.243. The summed E-state index contributed by atoms with van der Waals surface area (Å²) >= 11 is 0. The number of benzene rings is 3. The van der Waals surface area contributed by atoms with Gasteiger partial charge in [-0.2, -0.15) is 13.2 Å². The van der Waals surface area contributed by atoms with Gasteiger partial charge in [0.05, 0.1) is 5.52 Å². The Hall–Kier alpha value is -3.91. The maximum atomic E-state index is 13.7. The van der Waals surface area contributed by atoms with Crippen LogP contribution in [0.1, 0.15) is 37.3 Å². The van der Waals surface area contributed by atoms with Gasteiger partial charge in [0.15, 0.2) is 0 Å². The number of alkyl halides is 3. The van der Waals surface area contributed by atoms with Crippen molar-refractivity contribution >= 4 is 22.6 Å². The summed E-state index contributed by atoms with van der Waals surface area (Å²) in [6, 6.07) is 27.9. The van der Waals surface area contributed by atoms with Crippen molar-refractivity contribution in [1.82, 2.24) is 15.2 Å². The van der Waals surface area contributed by atoms with E-state index in [0.717, 1.165) is 71.6 Å². The van der Waals surface area contributed by atoms with E-state index in [1.807, 2.05) is 66.7 Å². The van der Waals surface area contributed by atoms with Gasteiger partial charge in [-0.1, -0.05) is 73.2 Å². The summed E-state index contributed by atoms with van der Waals surface area (Å²) in [5.41, 5.74) is 3.26. The highest BCUT2D eigenvalue weighted by Crippen LogP contribution is 2.51. The van der Waals surface area contributed by atoms with Crippen molar-refractivity contribution in [2.24, 2.45) is 0 Å². The Bertz CT molecular complexity index is 1540. The van der Waals surface area contributed by atoms with Crippen molar-refractivity contribution in [2.45, 2.75) is 43.8 Å². The Balaban J connectivity index is 1.13. The lowest BCUT2D eigenvalue weighted by molar-refractivity contribution is -0.141. The van der Waals surface area contributed by atoms with Crippen molar-refractivity contribution in [3.05, 3.63) is 96.1 Å². The lowest BCUT2D eigenvalue weighted by Gasteiger charge is -2.40. The molecule has 5 nitrogen and oxygen atoms in total. The summed E-state index contributed by atoms with van der Waals surface area (Å²) in [5, 5.41) is 3.36. The number of unbranched alkanes of at least 4 members (excludes halogenated alkanes) is 1. The van der Waals surface area contributed by atoms with Crippen LogP contribution >= 0.6 is 0 Å². The second kappa shape index (κ2) is 11.4. The predicted octanol–water partition coefficient (Wildman–Crippen LogP) is 6.56. The number of anilines is 1. The highest BCUT2D eigenvalue weighted by molar-refractivity contribution is 6.00. The van der Waals surface area contributed by atoms with Crippen molar-refractivity contribution in [2.75, 3.05) is 37.6 Å². The van der Waals surface area contributed by atoms with Crippen LogP contribution in [-0.2, 0) is 10.2 Å². The van der Waals surface area contributed by atoms with Gasteiger partial charge in [-0.3, -0.25) is 9.69 Å². The molecule has 2 aliphatic rings. The summed E-state index contributed by atoms with van der Waals surface area (Å²) in [6.45, 7) is 4.42. The van der Waals surface area contributed by atoms with Crippen LogP contribution in [0.4, 0.5) is 19.0 Å². The normalized spacial score (nSPS) is 18.1. The van der Waals surface area contributed by atoms with E-state index in [2.05, 4.69) is 40.2 Å². The van der Waals surface area contributed by atoms with Gasteiger partial charge in [-0.15, -0.1) is 0 Å². The van der Waals surface area contributed by atoms with Crippen molar-refractivity contribution < 1.29 is 18.0 Å². The van der Waals surface area contributed by atoms with E-state index in [4.69, 9.17) is 4.98 Å².